The first-order chi connectivity index (χ1) is 8.38. The lowest BCUT2D eigenvalue weighted by Gasteiger charge is -2.29. The number of hydrogen-bond acceptors (Lipinski definition) is 1. The van der Waals surface area contributed by atoms with Gasteiger partial charge in [-0.2, -0.15) is 13.2 Å². The van der Waals surface area contributed by atoms with Crippen molar-refractivity contribution in [3.05, 3.63) is 34.9 Å². The minimum atomic E-state index is -4.25. The molecule has 100 valence electrons. The number of hydrogen-bond donors (Lipinski definition) is 1. The summed E-state index contributed by atoms with van der Waals surface area (Å²) in [7, 11) is 0. The Morgan fingerprint density at radius 3 is 2.44 bits per heavy atom. The van der Waals surface area contributed by atoms with Crippen molar-refractivity contribution in [3.8, 4) is 0 Å². The summed E-state index contributed by atoms with van der Waals surface area (Å²) >= 11 is 0. The highest BCUT2D eigenvalue weighted by atomic mass is 19.4. The van der Waals surface area contributed by atoms with Crippen molar-refractivity contribution in [2.75, 3.05) is 6.54 Å². The summed E-state index contributed by atoms with van der Waals surface area (Å²) in [5.41, 5.74) is 1.15. The maximum atomic E-state index is 12.6. The number of benzene rings is 1. The fourth-order valence-electron chi connectivity index (χ4n) is 2.51. The van der Waals surface area contributed by atoms with Crippen LogP contribution in [0.5, 0.6) is 0 Å². The summed E-state index contributed by atoms with van der Waals surface area (Å²) in [6.07, 6.45) is -2.14. The minimum absolute atomic E-state index is 0.198. The van der Waals surface area contributed by atoms with Crippen molar-refractivity contribution in [1.29, 1.82) is 0 Å². The number of piperidine rings is 1. The Kier molecular flexibility index (Phi) is 3.66. The highest BCUT2D eigenvalue weighted by Gasteiger charge is 2.31. The Morgan fingerprint density at radius 1 is 1.22 bits per heavy atom. The predicted molar refractivity (Wildman–Crippen MR) is 65.3 cm³/mol. The van der Waals surface area contributed by atoms with Gasteiger partial charge in [0.05, 0.1) is 5.56 Å². The fraction of sp³-hybridized carbons (Fsp3) is 0.571. The van der Waals surface area contributed by atoms with Crippen LogP contribution in [0.2, 0.25) is 0 Å². The molecular formula is C14H18F3N. The van der Waals surface area contributed by atoms with E-state index in [1.165, 1.54) is 12.1 Å². The summed E-state index contributed by atoms with van der Waals surface area (Å²) in [6, 6.07) is 4.24. The molecular weight excluding hydrogens is 239 g/mol. The molecule has 1 nitrogen and oxygen atoms in total. The third kappa shape index (κ3) is 2.86. The second-order valence-corrected chi connectivity index (χ2v) is 5.21. The maximum Gasteiger partial charge on any atom is 0.416 e. The molecule has 0 spiro atoms. The molecule has 2 atom stereocenters. The van der Waals surface area contributed by atoms with Gasteiger partial charge in [0.1, 0.15) is 0 Å². The number of rotatable bonds is 1. The van der Waals surface area contributed by atoms with Gasteiger partial charge >= 0.3 is 6.18 Å². The fourth-order valence-corrected chi connectivity index (χ4v) is 2.51. The van der Waals surface area contributed by atoms with Crippen LogP contribution in [0.25, 0.3) is 0 Å². The number of alkyl halides is 3. The zero-order valence-corrected chi connectivity index (χ0v) is 10.6. The van der Waals surface area contributed by atoms with Crippen LogP contribution in [-0.2, 0) is 6.18 Å². The van der Waals surface area contributed by atoms with Gasteiger partial charge in [0, 0.05) is 6.04 Å². The van der Waals surface area contributed by atoms with E-state index in [1.54, 1.807) is 13.0 Å². The second-order valence-electron chi connectivity index (χ2n) is 5.21. The molecule has 1 N–H and O–H groups in total. The van der Waals surface area contributed by atoms with Crippen molar-refractivity contribution in [3.63, 3.8) is 0 Å². The van der Waals surface area contributed by atoms with Crippen molar-refractivity contribution in [2.24, 2.45) is 5.92 Å². The smallest absolute Gasteiger partial charge is 0.310 e. The van der Waals surface area contributed by atoms with Crippen molar-refractivity contribution in [1.82, 2.24) is 5.32 Å². The zero-order valence-electron chi connectivity index (χ0n) is 10.6. The average Bonchev–Trinajstić information content (AvgIpc) is 2.29. The van der Waals surface area contributed by atoms with E-state index < -0.39 is 11.7 Å². The second kappa shape index (κ2) is 4.92. The molecule has 0 amide bonds. The Hall–Kier alpha value is -1.03. The average molecular weight is 257 g/mol. The largest absolute Gasteiger partial charge is 0.416 e. The maximum absolute atomic E-state index is 12.6. The number of aryl methyl sites for hydroxylation is 1. The van der Waals surface area contributed by atoms with Crippen molar-refractivity contribution >= 4 is 0 Å². The summed E-state index contributed by atoms with van der Waals surface area (Å²) in [4.78, 5) is 0. The zero-order chi connectivity index (χ0) is 13.3. The van der Waals surface area contributed by atoms with E-state index in [0.29, 0.717) is 5.92 Å². The van der Waals surface area contributed by atoms with Crippen molar-refractivity contribution < 1.29 is 13.2 Å². The summed E-state index contributed by atoms with van der Waals surface area (Å²) in [5, 5.41) is 3.40. The predicted octanol–water partition coefficient (Wildman–Crippen LogP) is 4.07. The first-order valence-corrected chi connectivity index (χ1v) is 6.29. The monoisotopic (exact) mass is 257 g/mol. The van der Waals surface area contributed by atoms with Gasteiger partial charge in [0.15, 0.2) is 0 Å². The van der Waals surface area contributed by atoms with Gasteiger partial charge in [0.25, 0.3) is 0 Å². The molecule has 4 heteroatoms. The molecule has 2 unspecified atom stereocenters. The standard InChI is InChI=1S/C14H18F3N/c1-9-3-6-13(18-8-9)12-5-4-11(7-10(12)2)14(15,16)17/h4-5,7,9,13,18H,3,6,8H2,1-2H3. The van der Waals surface area contributed by atoms with E-state index in [9.17, 15) is 13.2 Å². The summed E-state index contributed by atoms with van der Waals surface area (Å²) in [5.74, 6) is 0.649. The van der Waals surface area contributed by atoms with Crippen molar-refractivity contribution in [2.45, 2.75) is 38.9 Å². The van der Waals surface area contributed by atoms with E-state index in [1.807, 2.05) is 0 Å². The van der Waals surface area contributed by atoms with Gasteiger partial charge in [-0.25, -0.2) is 0 Å². The van der Waals surface area contributed by atoms with E-state index in [2.05, 4.69) is 12.2 Å². The van der Waals surface area contributed by atoms with Gasteiger partial charge in [-0.3, -0.25) is 0 Å². The molecule has 1 saturated heterocycles. The molecule has 0 aromatic heterocycles. The Morgan fingerprint density at radius 2 is 1.94 bits per heavy atom. The molecule has 1 aliphatic heterocycles. The van der Waals surface area contributed by atoms with Gasteiger partial charge in [-0.05, 0) is 55.5 Å². The molecule has 0 radical (unpaired) electrons. The molecule has 1 heterocycles. The lowest BCUT2D eigenvalue weighted by molar-refractivity contribution is -0.137. The van der Waals surface area contributed by atoms with Gasteiger partial charge in [0.2, 0.25) is 0 Å². The Labute approximate surface area is 105 Å². The third-order valence-corrected chi connectivity index (χ3v) is 3.63. The molecule has 2 rings (SSSR count). The Balaban J connectivity index is 2.20. The molecule has 0 bridgehead atoms. The van der Waals surface area contributed by atoms with Gasteiger partial charge < -0.3 is 5.32 Å². The van der Waals surface area contributed by atoms with Crippen LogP contribution in [0.1, 0.15) is 42.5 Å². The number of nitrogens with one attached hydrogen (secondary N) is 1. The minimum Gasteiger partial charge on any atom is -0.310 e. The SMILES string of the molecule is Cc1cc(C(F)(F)F)ccc1C1CCC(C)CN1. The molecule has 1 aromatic rings. The lowest BCUT2D eigenvalue weighted by atomic mass is 9.89. The van der Waals surface area contributed by atoms with Crippen LogP contribution in [-0.4, -0.2) is 6.54 Å². The molecule has 0 aliphatic carbocycles. The lowest BCUT2D eigenvalue weighted by Crippen LogP contribution is -2.32. The van der Waals surface area contributed by atoms with E-state index in [0.717, 1.165) is 30.5 Å². The van der Waals surface area contributed by atoms with Crippen LogP contribution in [0.4, 0.5) is 13.2 Å². The highest BCUT2D eigenvalue weighted by molar-refractivity contribution is 5.34. The van der Waals surface area contributed by atoms with E-state index >= 15 is 0 Å². The summed E-state index contributed by atoms with van der Waals surface area (Å²) in [6.45, 7) is 4.87. The third-order valence-electron chi connectivity index (χ3n) is 3.63. The quantitative estimate of drug-likeness (QED) is 0.799. The normalized spacial score (nSPS) is 25.2. The molecule has 18 heavy (non-hydrogen) atoms. The van der Waals surface area contributed by atoms with Crippen LogP contribution in [0.15, 0.2) is 18.2 Å². The first-order valence-electron chi connectivity index (χ1n) is 6.29. The molecule has 0 saturated carbocycles. The highest BCUT2D eigenvalue weighted by Crippen LogP contribution is 2.33. The molecule has 1 aromatic carbocycles. The van der Waals surface area contributed by atoms with Crippen LogP contribution in [0.3, 0.4) is 0 Å². The van der Waals surface area contributed by atoms with Gasteiger partial charge in [-0.15, -0.1) is 0 Å². The van der Waals surface area contributed by atoms with E-state index in [4.69, 9.17) is 0 Å². The van der Waals surface area contributed by atoms with Gasteiger partial charge in [-0.1, -0.05) is 13.0 Å². The number of halogens is 3. The molecule has 1 fully saturated rings. The summed E-state index contributed by atoms with van der Waals surface area (Å²) < 4.78 is 37.7. The van der Waals surface area contributed by atoms with E-state index in [-0.39, 0.29) is 6.04 Å². The Bertz CT molecular complexity index is 418. The van der Waals surface area contributed by atoms with Crippen LogP contribution in [0, 0.1) is 12.8 Å². The molecule has 1 aliphatic rings. The van der Waals surface area contributed by atoms with Crippen LogP contribution >= 0.6 is 0 Å². The topological polar surface area (TPSA) is 12.0 Å². The first kappa shape index (κ1) is 13.4. The van der Waals surface area contributed by atoms with Crippen LogP contribution < -0.4 is 5.32 Å².